The zero-order chi connectivity index (χ0) is 22.9. The van der Waals surface area contributed by atoms with Gasteiger partial charge in [0.1, 0.15) is 0 Å². The molecule has 0 saturated carbocycles. The summed E-state index contributed by atoms with van der Waals surface area (Å²) >= 11 is 6.36. The van der Waals surface area contributed by atoms with Crippen LogP contribution in [-0.2, 0) is 0 Å². The van der Waals surface area contributed by atoms with Gasteiger partial charge >= 0.3 is 0 Å². The smallest absolute Gasteiger partial charge is 0.0900 e. The van der Waals surface area contributed by atoms with Crippen molar-refractivity contribution in [1.29, 1.82) is 0 Å². The number of nitrogens with zero attached hydrogens (tertiary/aromatic N) is 4. The van der Waals surface area contributed by atoms with Crippen molar-refractivity contribution in [3.05, 3.63) is 95.1 Å². The molecule has 0 atom stereocenters. The maximum absolute atomic E-state index is 6.36. The van der Waals surface area contributed by atoms with E-state index in [1.165, 1.54) is 0 Å². The molecule has 1 aromatic heterocycles. The molecule has 3 aromatic rings. The molecule has 6 heteroatoms. The fraction of sp³-hybridized carbons (Fsp3) is 0.148. The number of nitrogens with one attached hydrogen (secondary N) is 1. The minimum atomic E-state index is 0.131. The van der Waals surface area contributed by atoms with E-state index in [4.69, 9.17) is 21.6 Å². The molecular formula is C27H24ClN5. The van der Waals surface area contributed by atoms with Crippen molar-refractivity contribution in [2.24, 2.45) is 4.99 Å². The summed E-state index contributed by atoms with van der Waals surface area (Å²) in [6.07, 6.45) is 1.79. The quantitative estimate of drug-likeness (QED) is 0.314. The summed E-state index contributed by atoms with van der Waals surface area (Å²) in [5.41, 5.74) is 7.48. The molecule has 2 aliphatic rings. The van der Waals surface area contributed by atoms with E-state index >= 15 is 0 Å². The van der Waals surface area contributed by atoms with Crippen LogP contribution in [0.5, 0.6) is 0 Å². The average Bonchev–Trinajstić information content (AvgIpc) is 2.79. The van der Waals surface area contributed by atoms with Gasteiger partial charge in [-0.05, 0) is 75.4 Å². The van der Waals surface area contributed by atoms with E-state index < -0.39 is 0 Å². The lowest BCUT2D eigenvalue weighted by Gasteiger charge is -2.20. The molecule has 2 aromatic carbocycles. The first-order chi connectivity index (χ1) is 16.0. The number of benzene rings is 3. The van der Waals surface area contributed by atoms with Gasteiger partial charge in [0.05, 0.1) is 44.8 Å². The van der Waals surface area contributed by atoms with Crippen molar-refractivity contribution in [3.63, 3.8) is 0 Å². The van der Waals surface area contributed by atoms with Gasteiger partial charge < -0.3 is 9.88 Å². The van der Waals surface area contributed by atoms with Gasteiger partial charge in [0.2, 0.25) is 0 Å². The molecule has 2 heterocycles. The predicted octanol–water partition coefficient (Wildman–Crippen LogP) is 6.54. The number of aryl methyl sites for hydroxylation is 1. The molecule has 0 spiro atoms. The maximum Gasteiger partial charge on any atom is 0.0900 e. The van der Waals surface area contributed by atoms with Crippen LogP contribution in [0.15, 0.2) is 84.0 Å². The van der Waals surface area contributed by atoms with Crippen LogP contribution in [0, 0.1) is 6.92 Å². The van der Waals surface area contributed by atoms with Gasteiger partial charge in [-0.15, -0.1) is 0 Å². The Morgan fingerprint density at radius 1 is 0.939 bits per heavy atom. The third-order valence-corrected chi connectivity index (χ3v) is 5.67. The van der Waals surface area contributed by atoms with Crippen LogP contribution < -0.4 is 10.7 Å². The average molecular weight is 454 g/mol. The first-order valence-corrected chi connectivity index (χ1v) is 11.3. The molecule has 0 bridgehead atoms. The zero-order valence-corrected chi connectivity index (χ0v) is 19.5. The molecule has 1 N–H and O–H groups in total. The van der Waals surface area contributed by atoms with Crippen LogP contribution in [0.3, 0.4) is 0 Å². The van der Waals surface area contributed by atoms with Crippen LogP contribution in [0.25, 0.3) is 28.1 Å². The van der Waals surface area contributed by atoms with E-state index in [0.29, 0.717) is 5.02 Å². The normalized spacial score (nSPS) is 12.1. The molecular weight excluding hydrogens is 430 g/mol. The summed E-state index contributed by atoms with van der Waals surface area (Å²) in [7, 11) is 0. The molecule has 0 unspecified atom stereocenters. The van der Waals surface area contributed by atoms with E-state index in [9.17, 15) is 0 Å². The second kappa shape index (κ2) is 8.68. The summed E-state index contributed by atoms with van der Waals surface area (Å²) in [5.74, 6) is 0. The fourth-order valence-electron chi connectivity index (χ4n) is 3.98. The highest BCUT2D eigenvalue weighted by Crippen LogP contribution is 2.31. The number of para-hydroxylation sites is 2. The molecule has 1 aliphatic heterocycles. The van der Waals surface area contributed by atoms with E-state index in [1.807, 2.05) is 55.5 Å². The summed E-state index contributed by atoms with van der Waals surface area (Å²) in [6, 6.07) is 24.3. The Hall–Kier alpha value is -3.70. The number of rotatable bonds is 4. The Kier molecular flexibility index (Phi) is 5.56. The van der Waals surface area contributed by atoms with Gasteiger partial charge in [0.25, 0.3) is 0 Å². The zero-order valence-electron chi connectivity index (χ0n) is 18.7. The first-order valence-electron chi connectivity index (χ1n) is 10.9. The Morgan fingerprint density at radius 2 is 1.79 bits per heavy atom. The minimum absolute atomic E-state index is 0.131. The van der Waals surface area contributed by atoms with Crippen molar-refractivity contribution < 1.29 is 0 Å². The largest absolute Gasteiger partial charge is 0.352 e. The number of hydrogen-bond donors (Lipinski definition) is 1. The number of halogens is 1. The number of aromatic nitrogens is 3. The number of hydrogen-bond acceptors (Lipinski definition) is 4. The monoisotopic (exact) mass is 453 g/mol. The lowest BCUT2D eigenvalue weighted by molar-refractivity contribution is 0.806. The number of pyridine rings is 1. The molecule has 0 radical (unpaired) electrons. The predicted molar refractivity (Wildman–Crippen MR) is 136 cm³/mol. The van der Waals surface area contributed by atoms with Crippen molar-refractivity contribution in [3.8, 4) is 17.1 Å². The highest BCUT2D eigenvalue weighted by atomic mass is 35.5. The standard InChI is InChI=1S/C27H24ClN5/c1-17(2)30-24-16-27-25(15-23(24)31-21-11-7-13-29-18(21)3)32-22-10-4-5-12-26(22)33(27)20-9-6-8-19(28)14-20/h4-17,31H,1-3H3. The van der Waals surface area contributed by atoms with Crippen LogP contribution >= 0.6 is 11.6 Å². The van der Waals surface area contributed by atoms with Gasteiger partial charge in [-0.1, -0.05) is 29.8 Å². The molecule has 33 heavy (non-hydrogen) atoms. The van der Waals surface area contributed by atoms with Gasteiger partial charge in [-0.25, -0.2) is 4.98 Å². The SMILES string of the molecule is Cc1ncccc1Nc1cc2nc3ccccc3n(-c3cccc(Cl)c3)c-2cc1=NC(C)C. The third-order valence-electron chi connectivity index (χ3n) is 5.44. The highest BCUT2D eigenvalue weighted by Gasteiger charge is 2.17. The van der Waals surface area contributed by atoms with E-state index in [2.05, 4.69) is 53.0 Å². The van der Waals surface area contributed by atoms with Gasteiger partial charge in [-0.2, -0.15) is 0 Å². The Balaban J connectivity index is 1.84. The Morgan fingerprint density at radius 3 is 2.58 bits per heavy atom. The molecule has 1 aliphatic carbocycles. The summed E-state index contributed by atoms with van der Waals surface area (Å²) < 4.78 is 2.20. The van der Waals surface area contributed by atoms with Crippen LogP contribution in [0.4, 0.5) is 11.4 Å². The molecule has 5 rings (SSSR count). The number of fused-ring (bicyclic) bond motifs is 2. The van der Waals surface area contributed by atoms with Gasteiger partial charge in [0.15, 0.2) is 0 Å². The lowest BCUT2D eigenvalue weighted by Crippen LogP contribution is -2.16. The van der Waals surface area contributed by atoms with E-state index in [-0.39, 0.29) is 6.04 Å². The van der Waals surface area contributed by atoms with E-state index in [0.717, 1.165) is 50.5 Å². The van der Waals surface area contributed by atoms with Gasteiger partial charge in [-0.3, -0.25) is 9.98 Å². The second-order valence-electron chi connectivity index (χ2n) is 8.26. The molecule has 164 valence electrons. The molecule has 0 amide bonds. The molecule has 5 nitrogen and oxygen atoms in total. The van der Waals surface area contributed by atoms with Crippen molar-refractivity contribution in [2.45, 2.75) is 26.8 Å². The van der Waals surface area contributed by atoms with Crippen LogP contribution in [0.1, 0.15) is 19.5 Å². The first kappa shape index (κ1) is 21.2. The molecule has 0 saturated heterocycles. The van der Waals surface area contributed by atoms with Crippen LogP contribution in [-0.4, -0.2) is 20.6 Å². The third kappa shape index (κ3) is 4.20. The minimum Gasteiger partial charge on any atom is -0.352 e. The molecule has 0 fully saturated rings. The van der Waals surface area contributed by atoms with Crippen molar-refractivity contribution >= 4 is 34.0 Å². The fourth-order valence-corrected chi connectivity index (χ4v) is 4.17. The summed E-state index contributed by atoms with van der Waals surface area (Å²) in [4.78, 5) is 14.3. The van der Waals surface area contributed by atoms with E-state index in [1.54, 1.807) is 6.20 Å². The topological polar surface area (TPSA) is 55.1 Å². The highest BCUT2D eigenvalue weighted by molar-refractivity contribution is 6.30. The van der Waals surface area contributed by atoms with Crippen molar-refractivity contribution in [1.82, 2.24) is 14.5 Å². The maximum atomic E-state index is 6.36. The van der Waals surface area contributed by atoms with Gasteiger partial charge in [0, 0.05) is 22.9 Å². The Bertz CT molecular complexity index is 1500. The van der Waals surface area contributed by atoms with Crippen molar-refractivity contribution in [2.75, 3.05) is 5.32 Å². The van der Waals surface area contributed by atoms with Crippen LogP contribution in [0.2, 0.25) is 5.02 Å². The second-order valence-corrected chi connectivity index (χ2v) is 8.69. The summed E-state index contributed by atoms with van der Waals surface area (Å²) in [6.45, 7) is 6.14. The number of anilines is 2. The Labute approximate surface area is 197 Å². The summed E-state index contributed by atoms with van der Waals surface area (Å²) in [5, 5.41) is 5.08. The lowest BCUT2D eigenvalue weighted by atomic mass is 10.1.